The number of phenols is 1. The minimum atomic E-state index is -1.41. The number of non-ortho nitro benzene ring substituents is 1. The van der Waals surface area contributed by atoms with Gasteiger partial charge in [0.05, 0.1) is 45.8 Å². The molecule has 2 saturated heterocycles. The molecule has 4 amide bonds. The number of aromatic nitrogens is 2. The SMILES string of the molecule is COc1ccc(C2C3=CCC4C(=O)N(c5ccc([N+](=O)[O-])cc5)C(=O)C4C3CC3C(=O)N(c4cc(-c5sc6ccc(Cl)cc6c5C)nn4C)C(=O)C32C)c(O)c1. The normalized spacial score (nSPS) is 25.7. The predicted octanol–water partition coefficient (Wildman–Crippen LogP) is 7.32. The molecule has 1 saturated carbocycles. The van der Waals surface area contributed by atoms with Crippen molar-refractivity contribution in [2.24, 2.45) is 36.1 Å². The quantitative estimate of drug-likeness (QED) is 0.0803. The van der Waals surface area contributed by atoms with Gasteiger partial charge in [0.15, 0.2) is 0 Å². The zero-order valence-electron chi connectivity index (χ0n) is 30.6. The summed E-state index contributed by atoms with van der Waals surface area (Å²) >= 11 is 7.84. The molecule has 3 fully saturated rings. The fourth-order valence-corrected chi connectivity index (χ4v) is 11.0. The standard InChI is InChI=1S/C41H34ClN5O8S/c1-19-27-15-20(42)5-14-32(27)56-36(19)30-18-33(44(3)43-30)46-38(50)29-17-28-24(35(41(29,2)40(46)52)25-11-10-23(55-4)16-31(25)48)12-13-26-34(28)39(51)45(37(26)49)21-6-8-22(9-7-21)47(53)54/h5-12,14-16,18,26,28-29,34-35,48H,13,17H2,1-4H3. The zero-order chi connectivity index (χ0) is 39.5. The average molecular weight is 792 g/mol. The minimum absolute atomic E-state index is 0.103. The van der Waals surface area contributed by atoms with Crippen LogP contribution in [0.4, 0.5) is 17.2 Å². The summed E-state index contributed by atoms with van der Waals surface area (Å²) in [5.41, 5.74) is 1.28. The number of nitro benzene ring substituents is 1. The second kappa shape index (κ2) is 12.6. The van der Waals surface area contributed by atoms with E-state index in [1.165, 1.54) is 58.4 Å². The minimum Gasteiger partial charge on any atom is -0.508 e. The van der Waals surface area contributed by atoms with E-state index in [2.05, 4.69) is 0 Å². The highest BCUT2D eigenvalue weighted by atomic mass is 35.5. The van der Waals surface area contributed by atoms with Crippen LogP contribution < -0.4 is 14.5 Å². The van der Waals surface area contributed by atoms with E-state index in [1.807, 2.05) is 31.2 Å². The largest absolute Gasteiger partial charge is 0.508 e. The number of amides is 4. The third-order valence-corrected chi connectivity index (χ3v) is 13.9. The van der Waals surface area contributed by atoms with Gasteiger partial charge in [0.25, 0.3) is 5.69 Å². The van der Waals surface area contributed by atoms with Gasteiger partial charge < -0.3 is 9.84 Å². The van der Waals surface area contributed by atoms with E-state index in [-0.39, 0.29) is 35.8 Å². The first-order chi connectivity index (χ1) is 26.7. The number of phenolic OH excluding ortho intramolecular Hbond substituents is 1. The number of anilines is 2. The van der Waals surface area contributed by atoms with Crippen LogP contribution in [0.1, 0.15) is 36.8 Å². The van der Waals surface area contributed by atoms with Gasteiger partial charge in [-0.15, -0.1) is 11.3 Å². The van der Waals surface area contributed by atoms with E-state index in [0.29, 0.717) is 27.6 Å². The number of aryl methyl sites for hydroxylation is 2. The molecular formula is C41H34ClN5O8S. The van der Waals surface area contributed by atoms with Crippen molar-refractivity contribution in [1.29, 1.82) is 0 Å². The summed E-state index contributed by atoms with van der Waals surface area (Å²) < 4.78 is 7.90. The Morgan fingerprint density at radius 1 is 0.982 bits per heavy atom. The summed E-state index contributed by atoms with van der Waals surface area (Å²) in [6, 6.07) is 17.5. The molecule has 1 N–H and O–H groups in total. The molecule has 56 heavy (non-hydrogen) atoms. The van der Waals surface area contributed by atoms with Crippen LogP contribution in [0.3, 0.4) is 0 Å². The van der Waals surface area contributed by atoms with Crippen LogP contribution in [0.5, 0.6) is 11.5 Å². The maximum absolute atomic E-state index is 15.1. The lowest BCUT2D eigenvalue weighted by atomic mass is 9.51. The van der Waals surface area contributed by atoms with Gasteiger partial charge in [-0.25, -0.2) is 4.90 Å². The fourth-order valence-electron chi connectivity index (χ4n) is 9.67. The topological polar surface area (TPSA) is 165 Å². The number of halogens is 1. The van der Waals surface area contributed by atoms with E-state index in [1.54, 1.807) is 32.2 Å². The summed E-state index contributed by atoms with van der Waals surface area (Å²) in [4.78, 5) is 72.3. The molecule has 4 aliphatic rings. The van der Waals surface area contributed by atoms with Crippen molar-refractivity contribution in [1.82, 2.24) is 9.78 Å². The molecule has 4 heterocycles. The predicted molar refractivity (Wildman–Crippen MR) is 209 cm³/mol. The van der Waals surface area contributed by atoms with Crippen molar-refractivity contribution in [3.05, 3.63) is 105 Å². The van der Waals surface area contributed by atoms with E-state index in [4.69, 9.17) is 21.4 Å². The Balaban J connectivity index is 1.15. The van der Waals surface area contributed by atoms with Gasteiger partial charge in [-0.05, 0) is 80.0 Å². The lowest BCUT2D eigenvalue weighted by molar-refractivity contribution is -0.384. The van der Waals surface area contributed by atoms with Crippen LogP contribution in [0.25, 0.3) is 20.7 Å². The number of methoxy groups -OCH3 is 1. The monoisotopic (exact) mass is 791 g/mol. The summed E-state index contributed by atoms with van der Waals surface area (Å²) in [7, 11) is 3.15. The van der Waals surface area contributed by atoms with E-state index in [0.717, 1.165) is 25.4 Å². The van der Waals surface area contributed by atoms with Gasteiger partial charge in [-0.2, -0.15) is 5.10 Å². The maximum atomic E-state index is 15.1. The second-order valence-corrected chi connectivity index (χ2v) is 16.6. The van der Waals surface area contributed by atoms with Crippen molar-refractivity contribution in [2.75, 3.05) is 16.9 Å². The van der Waals surface area contributed by atoms with Gasteiger partial charge in [-0.3, -0.25) is 38.9 Å². The number of hydrogen-bond donors (Lipinski definition) is 1. The fraction of sp³-hybridized carbons (Fsp3) is 0.293. The smallest absolute Gasteiger partial charge is 0.269 e. The van der Waals surface area contributed by atoms with Crippen LogP contribution in [-0.2, 0) is 26.2 Å². The zero-order valence-corrected chi connectivity index (χ0v) is 32.1. The molecule has 2 aliphatic carbocycles. The Hall–Kier alpha value is -5.86. The third-order valence-electron chi connectivity index (χ3n) is 12.4. The molecular weight excluding hydrogens is 758 g/mol. The third kappa shape index (κ3) is 4.94. The molecule has 6 unspecified atom stereocenters. The Bertz CT molecular complexity index is 2620. The van der Waals surface area contributed by atoms with Crippen LogP contribution in [0.2, 0.25) is 5.02 Å². The van der Waals surface area contributed by atoms with Crippen LogP contribution in [-0.4, -0.2) is 50.5 Å². The highest BCUT2D eigenvalue weighted by Gasteiger charge is 2.68. The number of allylic oxidation sites excluding steroid dienone is 2. The van der Waals surface area contributed by atoms with Crippen molar-refractivity contribution in [3.8, 4) is 22.1 Å². The molecule has 3 aromatic carbocycles. The molecule has 5 aromatic rings. The molecule has 15 heteroatoms. The molecule has 284 valence electrons. The highest BCUT2D eigenvalue weighted by molar-refractivity contribution is 7.22. The Morgan fingerprint density at radius 2 is 1.73 bits per heavy atom. The Kier molecular flexibility index (Phi) is 8.05. The molecule has 2 aliphatic heterocycles. The van der Waals surface area contributed by atoms with Gasteiger partial charge in [0, 0.05) is 52.5 Å². The Morgan fingerprint density at radius 3 is 2.43 bits per heavy atom. The van der Waals surface area contributed by atoms with Crippen molar-refractivity contribution >= 4 is 73.8 Å². The van der Waals surface area contributed by atoms with E-state index >= 15 is 4.79 Å². The van der Waals surface area contributed by atoms with Gasteiger partial charge in [-0.1, -0.05) is 29.3 Å². The van der Waals surface area contributed by atoms with Crippen LogP contribution in [0, 0.1) is 46.1 Å². The summed E-state index contributed by atoms with van der Waals surface area (Å²) in [5, 5.41) is 29.2. The number of nitro groups is 1. The summed E-state index contributed by atoms with van der Waals surface area (Å²) in [5.74, 6) is -5.34. The van der Waals surface area contributed by atoms with E-state index in [9.17, 15) is 29.6 Å². The van der Waals surface area contributed by atoms with Gasteiger partial charge in [0.1, 0.15) is 23.0 Å². The molecule has 0 spiro atoms. The number of ether oxygens (including phenoxy) is 1. The number of nitrogens with zero attached hydrogens (tertiary/aromatic N) is 5. The van der Waals surface area contributed by atoms with Crippen molar-refractivity contribution in [2.45, 2.75) is 32.6 Å². The average Bonchev–Trinajstić information content (AvgIpc) is 3.85. The number of hydrogen-bond acceptors (Lipinski definition) is 10. The van der Waals surface area contributed by atoms with Crippen molar-refractivity contribution in [3.63, 3.8) is 0 Å². The molecule has 2 aromatic heterocycles. The second-order valence-electron chi connectivity index (χ2n) is 15.1. The van der Waals surface area contributed by atoms with Crippen LogP contribution in [0.15, 0.2) is 78.4 Å². The highest BCUT2D eigenvalue weighted by Crippen LogP contribution is 2.64. The first-order valence-electron chi connectivity index (χ1n) is 18.0. The van der Waals surface area contributed by atoms with Crippen molar-refractivity contribution < 1.29 is 33.9 Å². The number of rotatable bonds is 6. The molecule has 9 rings (SSSR count). The number of fused-ring (bicyclic) bond motifs is 5. The number of benzene rings is 3. The lowest BCUT2D eigenvalue weighted by Gasteiger charge is -2.49. The number of carbonyl (C=O) groups excluding carboxylic acids is 4. The number of carbonyl (C=O) groups is 4. The first kappa shape index (κ1) is 35.8. The van der Waals surface area contributed by atoms with Gasteiger partial charge >= 0.3 is 0 Å². The first-order valence-corrected chi connectivity index (χ1v) is 19.2. The number of imide groups is 2. The summed E-state index contributed by atoms with van der Waals surface area (Å²) in [6.45, 7) is 3.73. The molecule has 0 bridgehead atoms. The molecule has 0 radical (unpaired) electrons. The Labute approximate surface area is 328 Å². The number of aromatic hydroxyl groups is 1. The number of thiophene rings is 1. The van der Waals surface area contributed by atoms with Gasteiger partial charge in [0.2, 0.25) is 23.6 Å². The molecule has 6 atom stereocenters. The van der Waals surface area contributed by atoms with Crippen LogP contribution >= 0.6 is 22.9 Å². The summed E-state index contributed by atoms with van der Waals surface area (Å²) in [6.07, 6.45) is 2.19. The lowest BCUT2D eigenvalue weighted by Crippen LogP contribution is -2.49. The maximum Gasteiger partial charge on any atom is 0.269 e. The van der Waals surface area contributed by atoms with E-state index < -0.39 is 63.6 Å². The molecule has 13 nitrogen and oxygen atoms in total.